The number of fused-ring (bicyclic) bond motifs is 2. The van der Waals surface area contributed by atoms with E-state index < -0.39 is 0 Å². The van der Waals surface area contributed by atoms with Crippen molar-refractivity contribution in [3.63, 3.8) is 0 Å². The molecule has 2 fully saturated rings. The van der Waals surface area contributed by atoms with E-state index in [-0.39, 0.29) is 4.83 Å². The van der Waals surface area contributed by atoms with Crippen LogP contribution in [0.4, 0.5) is 0 Å². The molecule has 3 rings (SSSR count). The standard InChI is InChI=1S/C15H18BrNO/c16-15-13-8-4-7-12(9-14(15)18)17(13)10-11-5-2-1-3-6-11/h1-3,5-6,12-13,15H,4,7-10H2. The Balaban J connectivity index is 1.81. The average Bonchev–Trinajstić information content (AvgIpc) is 2.39. The molecule has 3 unspecified atom stereocenters. The van der Waals surface area contributed by atoms with Crippen LogP contribution in [-0.4, -0.2) is 27.6 Å². The summed E-state index contributed by atoms with van der Waals surface area (Å²) in [5.74, 6) is 0.397. The number of alkyl halides is 1. The van der Waals surface area contributed by atoms with Gasteiger partial charge in [0.1, 0.15) is 5.78 Å². The first-order valence-corrected chi connectivity index (χ1v) is 7.64. The number of piperidine rings is 2. The van der Waals surface area contributed by atoms with Gasteiger partial charge in [-0.15, -0.1) is 0 Å². The fourth-order valence-corrected chi connectivity index (χ4v) is 4.05. The summed E-state index contributed by atoms with van der Waals surface area (Å²) in [6, 6.07) is 11.4. The number of benzene rings is 1. The monoisotopic (exact) mass is 307 g/mol. The molecule has 2 bridgehead atoms. The van der Waals surface area contributed by atoms with Gasteiger partial charge in [-0.3, -0.25) is 9.69 Å². The molecule has 1 aromatic carbocycles. The van der Waals surface area contributed by atoms with Gasteiger partial charge in [0.2, 0.25) is 0 Å². The molecule has 0 N–H and O–H groups in total. The van der Waals surface area contributed by atoms with E-state index in [9.17, 15) is 4.79 Å². The summed E-state index contributed by atoms with van der Waals surface area (Å²) in [5.41, 5.74) is 1.35. The van der Waals surface area contributed by atoms with Crippen LogP contribution in [0.3, 0.4) is 0 Å². The van der Waals surface area contributed by atoms with Gasteiger partial charge in [0.25, 0.3) is 0 Å². The molecule has 2 saturated heterocycles. The molecule has 2 aliphatic heterocycles. The number of rotatable bonds is 2. The Labute approximate surface area is 116 Å². The van der Waals surface area contributed by atoms with E-state index in [2.05, 4.69) is 51.2 Å². The zero-order valence-corrected chi connectivity index (χ0v) is 12.0. The summed E-state index contributed by atoms with van der Waals surface area (Å²) in [4.78, 5) is 14.5. The van der Waals surface area contributed by atoms with Crippen LogP contribution >= 0.6 is 15.9 Å². The van der Waals surface area contributed by atoms with E-state index in [4.69, 9.17) is 0 Å². The van der Waals surface area contributed by atoms with Gasteiger partial charge in [0, 0.05) is 25.0 Å². The number of carbonyl (C=O) groups is 1. The second-order valence-corrected chi connectivity index (χ2v) is 6.37. The molecule has 2 heterocycles. The van der Waals surface area contributed by atoms with Crippen LogP contribution in [0.15, 0.2) is 30.3 Å². The molecule has 2 nitrogen and oxygen atoms in total. The Hall–Kier alpha value is -0.670. The molecular formula is C15H18BrNO. The van der Waals surface area contributed by atoms with E-state index in [0.29, 0.717) is 17.9 Å². The lowest BCUT2D eigenvalue weighted by Gasteiger charge is -2.47. The van der Waals surface area contributed by atoms with Crippen LogP contribution < -0.4 is 0 Å². The fourth-order valence-electron chi connectivity index (χ4n) is 3.30. The van der Waals surface area contributed by atoms with Crippen molar-refractivity contribution in [2.24, 2.45) is 0 Å². The normalized spacial score (nSPS) is 32.5. The highest BCUT2D eigenvalue weighted by Crippen LogP contribution is 2.36. The molecule has 18 heavy (non-hydrogen) atoms. The van der Waals surface area contributed by atoms with Gasteiger partial charge in [0.15, 0.2) is 0 Å². The third-order valence-corrected chi connectivity index (χ3v) is 5.34. The van der Waals surface area contributed by atoms with Crippen LogP contribution in [0.5, 0.6) is 0 Å². The maximum atomic E-state index is 11.9. The van der Waals surface area contributed by atoms with E-state index in [1.165, 1.54) is 18.4 Å². The largest absolute Gasteiger partial charge is 0.298 e. The number of halogens is 1. The van der Waals surface area contributed by atoms with Crippen LogP contribution in [0.25, 0.3) is 0 Å². The molecule has 1 aromatic rings. The summed E-state index contributed by atoms with van der Waals surface area (Å²) in [5, 5.41) is 0. The summed E-state index contributed by atoms with van der Waals surface area (Å²) in [6.45, 7) is 0.978. The summed E-state index contributed by atoms with van der Waals surface area (Å²) in [7, 11) is 0. The second-order valence-electron chi connectivity index (χ2n) is 5.38. The number of nitrogens with zero attached hydrogens (tertiary/aromatic N) is 1. The minimum absolute atomic E-state index is 0.0396. The van der Waals surface area contributed by atoms with E-state index in [1.807, 2.05) is 0 Å². The number of Topliss-reactive ketones (excluding diaryl/α,β-unsaturated/α-hetero) is 1. The lowest BCUT2D eigenvalue weighted by molar-refractivity contribution is -0.126. The third-order valence-electron chi connectivity index (χ3n) is 4.22. The van der Waals surface area contributed by atoms with Gasteiger partial charge >= 0.3 is 0 Å². The van der Waals surface area contributed by atoms with E-state index in [0.717, 1.165) is 19.4 Å². The van der Waals surface area contributed by atoms with Crippen molar-refractivity contribution in [3.05, 3.63) is 35.9 Å². The SMILES string of the molecule is O=C1CC2CCCC(C1Br)N2Cc1ccccc1. The minimum atomic E-state index is 0.0396. The van der Waals surface area contributed by atoms with Crippen molar-refractivity contribution in [2.45, 2.75) is 49.1 Å². The van der Waals surface area contributed by atoms with Gasteiger partial charge in [-0.1, -0.05) is 52.7 Å². The molecule has 96 valence electrons. The van der Waals surface area contributed by atoms with Crippen LogP contribution in [0.2, 0.25) is 0 Å². The number of carbonyl (C=O) groups excluding carboxylic acids is 1. The fraction of sp³-hybridized carbons (Fsp3) is 0.533. The Morgan fingerprint density at radius 3 is 2.78 bits per heavy atom. The number of ketones is 1. The number of hydrogen-bond donors (Lipinski definition) is 0. The van der Waals surface area contributed by atoms with Crippen LogP contribution in [0, 0.1) is 0 Å². The quantitative estimate of drug-likeness (QED) is 0.782. The average molecular weight is 308 g/mol. The smallest absolute Gasteiger partial charge is 0.149 e. The maximum Gasteiger partial charge on any atom is 0.149 e. The predicted molar refractivity (Wildman–Crippen MR) is 75.8 cm³/mol. The van der Waals surface area contributed by atoms with Crippen molar-refractivity contribution in [1.29, 1.82) is 0 Å². The minimum Gasteiger partial charge on any atom is -0.298 e. The first-order valence-electron chi connectivity index (χ1n) is 6.72. The summed E-state index contributed by atoms with van der Waals surface area (Å²) in [6.07, 6.45) is 4.30. The Morgan fingerprint density at radius 2 is 2.00 bits per heavy atom. The van der Waals surface area contributed by atoms with Crippen molar-refractivity contribution in [1.82, 2.24) is 4.90 Å². The zero-order valence-electron chi connectivity index (χ0n) is 10.4. The van der Waals surface area contributed by atoms with Crippen molar-refractivity contribution < 1.29 is 4.79 Å². The van der Waals surface area contributed by atoms with Crippen LogP contribution in [-0.2, 0) is 11.3 Å². The molecule has 0 radical (unpaired) electrons. The van der Waals surface area contributed by atoms with Crippen molar-refractivity contribution in [2.75, 3.05) is 0 Å². The van der Waals surface area contributed by atoms with Gasteiger partial charge in [-0.25, -0.2) is 0 Å². The first-order chi connectivity index (χ1) is 8.75. The topological polar surface area (TPSA) is 20.3 Å². The molecule has 0 aliphatic carbocycles. The Morgan fingerprint density at radius 1 is 1.22 bits per heavy atom. The molecule has 2 aliphatic rings. The summed E-state index contributed by atoms with van der Waals surface area (Å²) >= 11 is 3.60. The number of hydrogen-bond acceptors (Lipinski definition) is 2. The van der Waals surface area contributed by atoms with E-state index >= 15 is 0 Å². The highest BCUT2D eigenvalue weighted by Gasteiger charge is 2.42. The second kappa shape index (κ2) is 5.14. The summed E-state index contributed by atoms with van der Waals surface area (Å²) < 4.78 is 0. The molecular weight excluding hydrogens is 290 g/mol. The third kappa shape index (κ3) is 2.26. The van der Waals surface area contributed by atoms with Gasteiger partial charge in [-0.2, -0.15) is 0 Å². The van der Waals surface area contributed by atoms with Crippen molar-refractivity contribution >= 4 is 21.7 Å². The van der Waals surface area contributed by atoms with Crippen LogP contribution in [0.1, 0.15) is 31.2 Å². The lowest BCUT2D eigenvalue weighted by Crippen LogP contribution is -2.57. The first kappa shape index (κ1) is 12.4. The highest BCUT2D eigenvalue weighted by atomic mass is 79.9. The molecule has 0 saturated carbocycles. The van der Waals surface area contributed by atoms with Gasteiger partial charge in [-0.05, 0) is 18.4 Å². The van der Waals surface area contributed by atoms with E-state index in [1.54, 1.807) is 0 Å². The molecule has 3 atom stereocenters. The zero-order chi connectivity index (χ0) is 12.5. The molecule has 0 spiro atoms. The van der Waals surface area contributed by atoms with Crippen molar-refractivity contribution in [3.8, 4) is 0 Å². The molecule has 0 amide bonds. The highest BCUT2D eigenvalue weighted by molar-refractivity contribution is 9.10. The molecule has 3 heteroatoms. The van der Waals surface area contributed by atoms with Gasteiger partial charge < -0.3 is 0 Å². The Kier molecular flexibility index (Phi) is 3.53. The predicted octanol–water partition coefficient (Wildman–Crippen LogP) is 3.15. The Bertz CT molecular complexity index is 433. The van der Waals surface area contributed by atoms with Gasteiger partial charge in [0.05, 0.1) is 4.83 Å². The molecule has 0 aromatic heterocycles. The lowest BCUT2D eigenvalue weighted by atomic mass is 9.83. The maximum absolute atomic E-state index is 11.9.